The highest BCUT2D eigenvalue weighted by Gasteiger charge is 2.54. The fourth-order valence-electron chi connectivity index (χ4n) is 2.73. The van der Waals surface area contributed by atoms with Crippen molar-refractivity contribution in [1.29, 1.82) is 0 Å². The number of carbonyl (C=O) groups excluding carboxylic acids is 3. The molecule has 1 fully saturated rings. The van der Waals surface area contributed by atoms with E-state index in [0.29, 0.717) is 10.2 Å². The summed E-state index contributed by atoms with van der Waals surface area (Å²) < 4.78 is 5.59. The quantitative estimate of drug-likeness (QED) is 0.188. The molecule has 1 aromatic rings. The summed E-state index contributed by atoms with van der Waals surface area (Å²) in [4.78, 5) is 57.4. The minimum absolute atomic E-state index is 0.101. The number of hydrogen-bond acceptors (Lipinski definition) is 10. The average Bonchev–Trinajstić information content (AvgIpc) is 3.08. The number of rotatable bonds is 8. The third-order valence-corrected chi connectivity index (χ3v) is 6.99. The number of aromatic nitrogens is 1. The van der Waals surface area contributed by atoms with E-state index >= 15 is 0 Å². The Bertz CT molecular complexity index is 965. The van der Waals surface area contributed by atoms with E-state index < -0.39 is 34.6 Å². The van der Waals surface area contributed by atoms with Crippen molar-refractivity contribution in [3.05, 3.63) is 21.3 Å². The Morgan fingerprint density at radius 1 is 1.43 bits per heavy atom. The maximum absolute atomic E-state index is 12.8. The fraction of sp³-hybridized carbons (Fsp3) is 0.333. The Labute approximate surface area is 185 Å². The number of carbonyl (C=O) groups is 4. The van der Waals surface area contributed by atoms with Crippen molar-refractivity contribution in [1.82, 2.24) is 15.2 Å². The number of thiazole rings is 1. The van der Waals surface area contributed by atoms with Gasteiger partial charge in [0.05, 0.1) is 0 Å². The first-order valence-corrected chi connectivity index (χ1v) is 10.6. The maximum Gasteiger partial charge on any atom is 0.352 e. The zero-order valence-electron chi connectivity index (χ0n) is 15.3. The molecule has 2 unspecified atom stereocenters. The van der Waals surface area contributed by atoms with Gasteiger partial charge in [0, 0.05) is 7.11 Å². The number of anilines is 1. The molecule has 12 nitrogen and oxygen atoms in total. The monoisotopic (exact) mass is 519 g/mol. The van der Waals surface area contributed by atoms with Crippen LogP contribution in [-0.2, 0) is 28.8 Å². The zero-order chi connectivity index (χ0) is 22.0. The first kappa shape index (κ1) is 22.2. The molecule has 30 heavy (non-hydrogen) atoms. The van der Waals surface area contributed by atoms with Gasteiger partial charge < -0.3 is 25.3 Å². The molecule has 3 N–H and O–H groups in total. The topological polar surface area (TPSA) is 160 Å². The number of methoxy groups -OCH3 is 1. The largest absolute Gasteiger partial charge is 0.477 e. The number of aliphatic carboxylic acids is 1. The highest BCUT2D eigenvalue weighted by Crippen LogP contribution is 2.41. The summed E-state index contributed by atoms with van der Waals surface area (Å²) in [5.41, 5.74) is -0.936. The molecule has 0 aromatic carbocycles. The van der Waals surface area contributed by atoms with E-state index in [1.807, 2.05) is 0 Å². The lowest BCUT2D eigenvalue weighted by Gasteiger charge is -2.49. The van der Waals surface area contributed by atoms with Gasteiger partial charge >= 0.3 is 5.97 Å². The van der Waals surface area contributed by atoms with Crippen molar-refractivity contribution in [3.63, 3.8) is 0 Å². The van der Waals surface area contributed by atoms with Crippen LogP contribution in [0, 0.1) is 0 Å². The Hall–Kier alpha value is -2.49. The summed E-state index contributed by atoms with van der Waals surface area (Å²) in [5, 5.41) is 17.5. The van der Waals surface area contributed by atoms with Gasteiger partial charge in [-0.05, 0) is 22.0 Å². The van der Waals surface area contributed by atoms with E-state index in [4.69, 9.17) is 9.57 Å². The summed E-state index contributed by atoms with van der Waals surface area (Å²) in [7, 11) is 2.64. The van der Waals surface area contributed by atoms with Crippen LogP contribution in [0.4, 0.5) is 5.13 Å². The second-order valence-electron chi connectivity index (χ2n) is 5.67. The Morgan fingerprint density at radius 2 is 2.17 bits per heavy atom. The summed E-state index contributed by atoms with van der Waals surface area (Å²) in [6.07, 6.45) is 1.76. The molecule has 1 aromatic heterocycles. The lowest BCUT2D eigenvalue weighted by Crippen LogP contribution is -2.71. The number of halogens is 1. The van der Waals surface area contributed by atoms with Crippen LogP contribution in [0.25, 0.3) is 0 Å². The van der Waals surface area contributed by atoms with Gasteiger partial charge in [0.1, 0.15) is 39.1 Å². The molecular weight excluding hydrogens is 506 g/mol. The minimum Gasteiger partial charge on any atom is -0.477 e. The predicted octanol–water partition coefficient (Wildman–Crippen LogP) is 0.165. The van der Waals surface area contributed by atoms with Gasteiger partial charge in [-0.1, -0.05) is 28.3 Å². The van der Waals surface area contributed by atoms with Gasteiger partial charge in [0.15, 0.2) is 10.8 Å². The van der Waals surface area contributed by atoms with E-state index in [2.05, 4.69) is 36.7 Å². The molecule has 0 aliphatic carbocycles. The summed E-state index contributed by atoms with van der Waals surface area (Å²) >= 11 is 5.48. The Morgan fingerprint density at radius 3 is 2.77 bits per heavy atom. The molecule has 3 amide bonds. The molecule has 15 heteroatoms. The third kappa shape index (κ3) is 4.05. The molecule has 2 aliphatic heterocycles. The fourth-order valence-corrected chi connectivity index (χ4v) is 5.39. The molecule has 2 aliphatic rings. The summed E-state index contributed by atoms with van der Waals surface area (Å²) in [6.45, 7) is 0. The van der Waals surface area contributed by atoms with Gasteiger partial charge in [0.2, 0.25) is 6.41 Å². The number of carboxylic acid groups (broad SMARTS) is 1. The number of oxime groups is 1. The lowest BCUT2D eigenvalue weighted by atomic mass is 10.0. The van der Waals surface area contributed by atoms with Gasteiger partial charge in [-0.15, -0.1) is 0 Å². The van der Waals surface area contributed by atoms with Gasteiger partial charge in [-0.2, -0.15) is 0 Å². The number of ether oxygens (including phenoxy) is 1. The average molecular weight is 520 g/mol. The molecule has 1 saturated heterocycles. The van der Waals surface area contributed by atoms with Gasteiger partial charge in [-0.25, -0.2) is 9.78 Å². The Kier molecular flexibility index (Phi) is 6.74. The molecule has 0 spiro atoms. The molecular formula is C15H14BrN5O7S2. The second-order valence-corrected chi connectivity index (χ2v) is 9.21. The standard InChI is InChI=1S/C15H14BrN5O7S2/c1-27-6-3-5(14(25)26)21-12(24)9(13(21)29-6)18-11(23)8(20-28-2)7-10(16)30-15(19-7)17-4-22/h3-4,6,9,13H,1-2H3,(H,18,23)(H,25,26)(H,17,19,22)/t6?,9?,13-/m1/s1. The van der Waals surface area contributed by atoms with Crippen LogP contribution in [0.3, 0.4) is 0 Å². The molecule has 3 atom stereocenters. The summed E-state index contributed by atoms with van der Waals surface area (Å²) in [5.74, 6) is -2.62. The smallest absolute Gasteiger partial charge is 0.352 e. The molecule has 3 heterocycles. The zero-order valence-corrected chi connectivity index (χ0v) is 18.5. The van der Waals surface area contributed by atoms with Crippen LogP contribution >= 0.6 is 39.0 Å². The van der Waals surface area contributed by atoms with E-state index in [1.54, 1.807) is 0 Å². The van der Waals surface area contributed by atoms with Crippen molar-refractivity contribution in [2.24, 2.45) is 5.16 Å². The number of β-lactam (4-membered cyclic amide) rings is 1. The van der Waals surface area contributed by atoms with E-state index in [-0.39, 0.29) is 22.2 Å². The van der Waals surface area contributed by atoms with Crippen molar-refractivity contribution in [3.8, 4) is 0 Å². The number of nitrogens with one attached hydrogen (secondary N) is 2. The van der Waals surface area contributed by atoms with E-state index in [9.17, 15) is 24.3 Å². The van der Waals surface area contributed by atoms with Crippen molar-refractivity contribution in [2.45, 2.75) is 16.9 Å². The number of thioether (sulfide) groups is 1. The van der Waals surface area contributed by atoms with Gasteiger partial charge in [-0.3, -0.25) is 19.3 Å². The molecule has 3 rings (SSSR count). The van der Waals surface area contributed by atoms with Gasteiger partial charge in [0.25, 0.3) is 11.8 Å². The SMILES string of the molecule is CON=C(C(=O)NC1C(=O)N2C(C(=O)O)=CC(OC)S[C@H]12)c1nc(NC=O)sc1Br. The molecule has 0 bridgehead atoms. The maximum atomic E-state index is 12.8. The normalized spacial score (nSPS) is 23.1. The number of fused-ring (bicyclic) bond motifs is 1. The van der Waals surface area contributed by atoms with Crippen molar-refractivity contribution in [2.75, 3.05) is 19.5 Å². The molecule has 0 radical (unpaired) electrons. The highest BCUT2D eigenvalue weighted by molar-refractivity contribution is 9.11. The number of nitrogens with zero attached hydrogens (tertiary/aromatic N) is 3. The first-order valence-electron chi connectivity index (χ1n) is 8.07. The second kappa shape index (κ2) is 9.11. The number of amides is 3. The number of carboxylic acids is 1. The lowest BCUT2D eigenvalue weighted by molar-refractivity contribution is -0.150. The van der Waals surface area contributed by atoms with Crippen LogP contribution in [0.1, 0.15) is 5.69 Å². The van der Waals surface area contributed by atoms with Crippen LogP contribution < -0.4 is 10.6 Å². The number of hydrogen-bond donors (Lipinski definition) is 3. The van der Waals surface area contributed by atoms with Crippen molar-refractivity contribution < 1.29 is 33.9 Å². The van der Waals surface area contributed by atoms with E-state index in [0.717, 1.165) is 16.2 Å². The van der Waals surface area contributed by atoms with Crippen LogP contribution in [0.5, 0.6) is 0 Å². The Balaban J connectivity index is 1.82. The minimum atomic E-state index is -1.27. The van der Waals surface area contributed by atoms with Crippen LogP contribution in [0.15, 0.2) is 20.7 Å². The highest BCUT2D eigenvalue weighted by atomic mass is 79.9. The first-order chi connectivity index (χ1) is 14.3. The van der Waals surface area contributed by atoms with E-state index in [1.165, 1.54) is 32.1 Å². The molecule has 0 saturated carbocycles. The molecule has 160 valence electrons. The predicted molar refractivity (Wildman–Crippen MR) is 110 cm³/mol. The van der Waals surface area contributed by atoms with Crippen LogP contribution in [0.2, 0.25) is 0 Å². The van der Waals surface area contributed by atoms with Crippen molar-refractivity contribution >= 4 is 74.1 Å². The van der Waals surface area contributed by atoms with Crippen LogP contribution in [-0.4, -0.2) is 76.0 Å². The third-order valence-electron chi connectivity index (χ3n) is 4.00. The summed E-state index contributed by atoms with van der Waals surface area (Å²) in [6, 6.07) is -1.00.